The van der Waals surface area contributed by atoms with Crippen LogP contribution in [0.3, 0.4) is 0 Å². The molecule has 2 aliphatic carbocycles. The number of ether oxygens (including phenoxy) is 1. The smallest absolute Gasteiger partial charge is 0.407 e. The highest BCUT2D eigenvalue weighted by molar-refractivity contribution is 5.86. The minimum atomic E-state index is -3.92. The van der Waals surface area contributed by atoms with Gasteiger partial charge in [0.15, 0.2) is 0 Å². The fraction of sp³-hybridized carbons (Fsp3) is 0.400. The maximum atomic E-state index is 14.9. The molecule has 2 amide bonds. The lowest BCUT2D eigenvalue weighted by molar-refractivity contribution is -0.151. The monoisotopic (exact) mass is 472 g/mol. The average Bonchev–Trinajstić information content (AvgIpc) is 3.57. The number of amides is 2. The summed E-state index contributed by atoms with van der Waals surface area (Å²) in [5, 5.41) is 13.0. The van der Waals surface area contributed by atoms with Gasteiger partial charge in [0, 0.05) is 12.0 Å². The van der Waals surface area contributed by atoms with Crippen LogP contribution in [-0.4, -0.2) is 47.7 Å². The number of halogens is 2. The van der Waals surface area contributed by atoms with Crippen LogP contribution in [0.5, 0.6) is 0 Å². The van der Waals surface area contributed by atoms with Gasteiger partial charge in [-0.2, -0.15) is 8.78 Å². The Balaban J connectivity index is 1.41. The molecule has 2 aliphatic rings. The molecule has 0 saturated heterocycles. The lowest BCUT2D eigenvalue weighted by Gasteiger charge is -2.28. The molecule has 180 valence electrons. The topological polar surface area (TPSA) is 105 Å². The summed E-state index contributed by atoms with van der Waals surface area (Å²) in [5.74, 6) is -7.53. The van der Waals surface area contributed by atoms with Gasteiger partial charge in [-0.15, -0.1) is 0 Å². The van der Waals surface area contributed by atoms with E-state index in [0.29, 0.717) is 12.8 Å². The Morgan fingerprint density at radius 3 is 2.12 bits per heavy atom. The van der Waals surface area contributed by atoms with Gasteiger partial charge in [0.2, 0.25) is 0 Å². The summed E-state index contributed by atoms with van der Waals surface area (Å²) in [6.45, 7) is 1.29. The Morgan fingerprint density at radius 1 is 1.03 bits per heavy atom. The number of carboxylic acids is 1. The predicted octanol–water partition coefficient (Wildman–Crippen LogP) is 3.92. The molecule has 34 heavy (non-hydrogen) atoms. The minimum absolute atomic E-state index is 0.0370. The summed E-state index contributed by atoms with van der Waals surface area (Å²) in [5.41, 5.74) is 4.07. The van der Waals surface area contributed by atoms with E-state index in [0.717, 1.165) is 22.3 Å². The Kier molecular flexibility index (Phi) is 6.54. The second kappa shape index (κ2) is 9.40. The largest absolute Gasteiger partial charge is 0.481 e. The number of carboxylic acid groups (broad SMARTS) is 1. The molecule has 0 aliphatic heterocycles. The van der Waals surface area contributed by atoms with Gasteiger partial charge in [-0.3, -0.25) is 9.59 Å². The van der Waals surface area contributed by atoms with Gasteiger partial charge in [-0.1, -0.05) is 48.5 Å². The first-order valence-corrected chi connectivity index (χ1v) is 11.2. The van der Waals surface area contributed by atoms with Crippen molar-refractivity contribution in [3.63, 3.8) is 0 Å². The zero-order chi connectivity index (χ0) is 24.5. The van der Waals surface area contributed by atoms with E-state index in [1.165, 1.54) is 6.92 Å². The maximum absolute atomic E-state index is 14.9. The molecule has 0 heterocycles. The molecule has 3 N–H and O–H groups in total. The Morgan fingerprint density at radius 2 is 1.59 bits per heavy atom. The van der Waals surface area contributed by atoms with E-state index in [1.807, 2.05) is 53.8 Å². The Bertz CT molecular complexity index is 1060. The van der Waals surface area contributed by atoms with Gasteiger partial charge < -0.3 is 20.5 Å². The number of benzene rings is 2. The van der Waals surface area contributed by atoms with Crippen molar-refractivity contribution < 1.29 is 33.0 Å². The van der Waals surface area contributed by atoms with Crippen LogP contribution in [0.2, 0.25) is 0 Å². The summed E-state index contributed by atoms with van der Waals surface area (Å²) in [6, 6.07) is 12.8. The quantitative estimate of drug-likeness (QED) is 0.513. The van der Waals surface area contributed by atoms with Gasteiger partial charge in [0.05, 0.1) is 6.42 Å². The van der Waals surface area contributed by atoms with Crippen molar-refractivity contribution in [2.45, 2.75) is 50.1 Å². The standard InChI is InChI=1S/C25H26F2N2O5/c1-14(12-21(30)31)28-23(32)25(26,27)22(15-10-11-15)29-24(33)34-13-20-18-8-4-2-6-16(18)17-7-3-5-9-19(17)20/h2-9,14-15,20,22H,10-13H2,1H3,(H,28,32)(H,29,33)(H,30,31). The van der Waals surface area contributed by atoms with Gasteiger partial charge in [0.1, 0.15) is 12.6 Å². The lowest BCUT2D eigenvalue weighted by atomic mass is 9.98. The van der Waals surface area contributed by atoms with Crippen molar-refractivity contribution >= 4 is 18.0 Å². The average molecular weight is 472 g/mol. The third kappa shape index (κ3) is 4.88. The van der Waals surface area contributed by atoms with E-state index < -0.39 is 48.3 Å². The van der Waals surface area contributed by atoms with Crippen LogP contribution in [0.15, 0.2) is 48.5 Å². The molecule has 1 saturated carbocycles. The first-order valence-electron chi connectivity index (χ1n) is 11.2. The first kappa shape index (κ1) is 23.7. The second-order valence-electron chi connectivity index (χ2n) is 8.88. The maximum Gasteiger partial charge on any atom is 0.407 e. The van der Waals surface area contributed by atoms with Crippen molar-refractivity contribution in [3.05, 3.63) is 59.7 Å². The number of rotatable bonds is 9. The van der Waals surface area contributed by atoms with Crippen molar-refractivity contribution in [1.82, 2.24) is 10.6 Å². The van der Waals surface area contributed by atoms with E-state index >= 15 is 0 Å². The third-order valence-electron chi connectivity index (χ3n) is 6.26. The van der Waals surface area contributed by atoms with Crippen LogP contribution in [0, 0.1) is 5.92 Å². The molecule has 0 spiro atoms. The van der Waals surface area contributed by atoms with E-state index in [-0.39, 0.29) is 12.5 Å². The SMILES string of the molecule is CC(CC(=O)O)NC(=O)C(F)(F)C(NC(=O)OCC1c2ccccc2-c2ccccc21)C1CC1. The molecule has 2 aromatic rings. The highest BCUT2D eigenvalue weighted by Gasteiger charge is 2.54. The summed E-state index contributed by atoms with van der Waals surface area (Å²) < 4.78 is 35.2. The molecule has 0 bridgehead atoms. The molecular weight excluding hydrogens is 446 g/mol. The molecule has 0 radical (unpaired) electrons. The molecule has 2 atom stereocenters. The summed E-state index contributed by atoms with van der Waals surface area (Å²) in [4.78, 5) is 35.5. The number of hydrogen-bond acceptors (Lipinski definition) is 4. The molecule has 2 aromatic carbocycles. The Labute approximate surface area is 195 Å². The molecule has 2 unspecified atom stereocenters. The highest BCUT2D eigenvalue weighted by Crippen LogP contribution is 2.44. The number of fused-ring (bicyclic) bond motifs is 3. The molecular formula is C25H26F2N2O5. The second-order valence-corrected chi connectivity index (χ2v) is 8.88. The minimum Gasteiger partial charge on any atom is -0.481 e. The number of alkyl halides is 2. The van der Waals surface area contributed by atoms with Crippen LogP contribution in [0.1, 0.15) is 43.2 Å². The van der Waals surface area contributed by atoms with Crippen LogP contribution < -0.4 is 10.6 Å². The Hall–Kier alpha value is -3.49. The van der Waals surface area contributed by atoms with Gasteiger partial charge >= 0.3 is 18.0 Å². The van der Waals surface area contributed by atoms with E-state index in [1.54, 1.807) is 0 Å². The molecule has 4 rings (SSSR count). The molecule has 0 aromatic heterocycles. The zero-order valence-corrected chi connectivity index (χ0v) is 18.6. The van der Waals surface area contributed by atoms with Gasteiger partial charge in [-0.05, 0) is 47.9 Å². The number of carbonyl (C=O) groups is 3. The summed E-state index contributed by atoms with van der Waals surface area (Å²) >= 11 is 0. The van der Waals surface area contributed by atoms with Crippen LogP contribution in [-0.2, 0) is 14.3 Å². The van der Waals surface area contributed by atoms with Crippen LogP contribution >= 0.6 is 0 Å². The van der Waals surface area contributed by atoms with Crippen molar-refractivity contribution in [2.24, 2.45) is 5.92 Å². The van der Waals surface area contributed by atoms with E-state index in [2.05, 4.69) is 5.32 Å². The van der Waals surface area contributed by atoms with Crippen molar-refractivity contribution in [3.8, 4) is 11.1 Å². The summed E-state index contributed by atoms with van der Waals surface area (Å²) in [6.07, 6.45) is -0.621. The van der Waals surface area contributed by atoms with Crippen molar-refractivity contribution in [1.29, 1.82) is 0 Å². The highest BCUT2D eigenvalue weighted by atomic mass is 19.3. The predicted molar refractivity (Wildman–Crippen MR) is 120 cm³/mol. The number of carbonyl (C=O) groups excluding carboxylic acids is 2. The van der Waals surface area contributed by atoms with Gasteiger partial charge in [-0.25, -0.2) is 4.79 Å². The van der Waals surface area contributed by atoms with E-state index in [4.69, 9.17) is 9.84 Å². The number of hydrogen-bond donors (Lipinski definition) is 3. The van der Waals surface area contributed by atoms with E-state index in [9.17, 15) is 23.2 Å². The molecule has 1 fully saturated rings. The first-order chi connectivity index (χ1) is 16.2. The number of alkyl carbamates (subject to hydrolysis) is 1. The fourth-order valence-electron chi connectivity index (χ4n) is 4.48. The van der Waals surface area contributed by atoms with Crippen LogP contribution in [0.4, 0.5) is 13.6 Å². The normalized spacial score (nSPS) is 16.7. The number of aliphatic carboxylic acids is 1. The lowest BCUT2D eigenvalue weighted by Crippen LogP contribution is -2.58. The number of nitrogens with one attached hydrogen (secondary N) is 2. The van der Waals surface area contributed by atoms with Crippen molar-refractivity contribution in [2.75, 3.05) is 6.61 Å². The fourth-order valence-corrected chi connectivity index (χ4v) is 4.48. The van der Waals surface area contributed by atoms with Crippen LogP contribution in [0.25, 0.3) is 11.1 Å². The third-order valence-corrected chi connectivity index (χ3v) is 6.26. The zero-order valence-electron chi connectivity index (χ0n) is 18.6. The van der Waals surface area contributed by atoms with Gasteiger partial charge in [0.25, 0.3) is 5.91 Å². The summed E-state index contributed by atoms with van der Waals surface area (Å²) in [7, 11) is 0. The molecule has 7 nitrogen and oxygen atoms in total. The molecule has 9 heteroatoms.